The quantitative estimate of drug-likeness (QED) is 0.0666. The maximum Gasteiger partial charge on any atom is 0.325 e. The summed E-state index contributed by atoms with van der Waals surface area (Å²) in [4.78, 5) is 59.5. The SMILES string of the molecule is CCOC(=O)CNC(=O)C1CCc2[nH]c3ncnc(Nc4ccc(F)cc4OCCO)c3c2C1.O=C(O)C1CCc2[nH]c3ncnc(Nc4ccc(F)cc4OCCO)c3c2C1. The van der Waals surface area contributed by atoms with Crippen LogP contribution in [0.25, 0.3) is 22.1 Å². The number of nitrogens with one attached hydrogen (secondary N) is 5. The molecule has 0 radical (unpaired) electrons. The Kier molecular flexibility index (Phi) is 13.7. The second-order valence-corrected chi connectivity index (χ2v) is 14.5. The third-order valence-corrected chi connectivity index (χ3v) is 10.5. The molecule has 2 aromatic carbocycles. The van der Waals surface area contributed by atoms with Gasteiger partial charge in [0.05, 0.1) is 47.9 Å². The summed E-state index contributed by atoms with van der Waals surface area (Å²) >= 11 is 0. The summed E-state index contributed by atoms with van der Waals surface area (Å²) < 4.78 is 43.1. The highest BCUT2D eigenvalue weighted by molar-refractivity contribution is 5.95. The van der Waals surface area contributed by atoms with E-state index in [1.165, 1.54) is 49.1 Å². The molecule has 6 aromatic rings. The number of carboxylic acids is 1. The number of carbonyl (C=O) groups excluding carboxylic acids is 2. The molecule has 62 heavy (non-hydrogen) atoms. The van der Waals surface area contributed by atoms with Gasteiger partial charge in [0.1, 0.15) is 78.5 Å². The van der Waals surface area contributed by atoms with E-state index in [0.717, 1.165) is 33.3 Å². The number of aryl methyl sites for hydroxylation is 2. The van der Waals surface area contributed by atoms with Crippen molar-refractivity contribution in [3.05, 3.63) is 83.2 Å². The zero-order chi connectivity index (χ0) is 43.8. The molecule has 0 saturated carbocycles. The molecule has 2 atom stereocenters. The van der Waals surface area contributed by atoms with Crippen molar-refractivity contribution in [1.29, 1.82) is 0 Å². The number of amides is 1. The summed E-state index contributed by atoms with van der Waals surface area (Å²) in [5.74, 6) is -1.76. The normalized spacial score (nSPS) is 15.4. The number of hydrogen-bond acceptors (Lipinski definition) is 14. The molecule has 2 aliphatic rings. The lowest BCUT2D eigenvalue weighted by Crippen LogP contribution is -2.37. The van der Waals surface area contributed by atoms with E-state index < -0.39 is 29.5 Å². The third kappa shape index (κ3) is 9.82. The highest BCUT2D eigenvalue weighted by atomic mass is 19.1. The van der Waals surface area contributed by atoms with Crippen molar-refractivity contribution >= 4 is 62.9 Å². The zero-order valence-corrected chi connectivity index (χ0v) is 33.6. The number of H-pyrrole nitrogens is 2. The van der Waals surface area contributed by atoms with Crippen LogP contribution in [-0.2, 0) is 44.8 Å². The van der Waals surface area contributed by atoms with E-state index in [9.17, 15) is 28.3 Å². The molecule has 0 fully saturated rings. The zero-order valence-electron chi connectivity index (χ0n) is 33.6. The van der Waals surface area contributed by atoms with Crippen molar-refractivity contribution in [2.75, 3.05) is 50.2 Å². The number of nitrogens with zero attached hydrogens (tertiary/aromatic N) is 4. The molecule has 2 unspecified atom stereocenters. The number of carbonyl (C=O) groups is 3. The number of carboxylic acid groups (broad SMARTS) is 1. The van der Waals surface area contributed by atoms with E-state index in [1.54, 1.807) is 6.92 Å². The monoisotopic (exact) mass is 857 g/mol. The number of aliphatic carboxylic acids is 1. The summed E-state index contributed by atoms with van der Waals surface area (Å²) in [7, 11) is 0. The lowest BCUT2D eigenvalue weighted by Gasteiger charge is -2.22. The molecule has 18 nitrogen and oxygen atoms in total. The molecule has 4 aromatic heterocycles. The molecule has 8 N–H and O–H groups in total. The molecule has 0 saturated heterocycles. The minimum absolute atomic E-state index is 0.0134. The van der Waals surface area contributed by atoms with Crippen LogP contribution in [0.1, 0.15) is 42.3 Å². The fourth-order valence-corrected chi connectivity index (χ4v) is 7.63. The van der Waals surface area contributed by atoms with Crippen LogP contribution >= 0.6 is 0 Å². The van der Waals surface area contributed by atoms with Gasteiger partial charge in [-0.05, 0) is 80.8 Å². The number of aromatic nitrogens is 6. The number of rotatable bonds is 15. The van der Waals surface area contributed by atoms with Gasteiger partial charge in [-0.25, -0.2) is 28.7 Å². The van der Waals surface area contributed by atoms with Gasteiger partial charge in [0, 0.05) is 29.4 Å². The molecule has 0 bridgehead atoms. The van der Waals surface area contributed by atoms with E-state index in [4.69, 9.17) is 24.4 Å². The van der Waals surface area contributed by atoms with Gasteiger partial charge in [-0.15, -0.1) is 0 Å². The second-order valence-electron chi connectivity index (χ2n) is 14.5. The van der Waals surface area contributed by atoms with Gasteiger partial charge in [0.15, 0.2) is 0 Å². The van der Waals surface area contributed by atoms with Crippen molar-refractivity contribution in [3.8, 4) is 11.5 Å². The fourth-order valence-electron chi connectivity index (χ4n) is 7.63. The number of benzene rings is 2. The highest BCUT2D eigenvalue weighted by Crippen LogP contribution is 2.38. The summed E-state index contributed by atoms with van der Waals surface area (Å²) in [6.07, 6.45) is 6.12. The lowest BCUT2D eigenvalue weighted by atomic mass is 9.86. The van der Waals surface area contributed by atoms with Crippen LogP contribution in [0.3, 0.4) is 0 Å². The predicted molar refractivity (Wildman–Crippen MR) is 221 cm³/mol. The van der Waals surface area contributed by atoms with Gasteiger partial charge in [-0.3, -0.25) is 14.4 Å². The smallest absolute Gasteiger partial charge is 0.325 e. The van der Waals surface area contributed by atoms with Crippen LogP contribution in [0.4, 0.5) is 31.8 Å². The number of anilines is 4. The standard InChI is InChI=1S/C23H26FN5O5.C19H19FN4O4/c1-2-33-19(31)11-25-23(32)13-3-5-16-15(9-13)20-21(28-16)26-12-27-22(20)29-17-6-4-14(24)10-18(17)34-8-7-30;20-11-2-4-14(15(8-11)28-6-5-25)24-18-16-12-7-10(19(26)27)1-3-13(12)23-17(16)21-9-22-18/h4,6,10,12-13,30H,2-3,5,7-9,11H2,1H3,(H,25,32)(H2,26,27,28,29);2,4,8-10,25H,1,3,5-7H2,(H,26,27)(H2,21,22,23,24). The van der Waals surface area contributed by atoms with E-state index in [2.05, 4.69) is 45.9 Å². The average molecular weight is 858 g/mol. The largest absolute Gasteiger partial charge is 0.489 e. The molecule has 1 amide bonds. The van der Waals surface area contributed by atoms with Crippen LogP contribution in [0.5, 0.6) is 11.5 Å². The fraction of sp³-hybridized carbons (Fsp3) is 0.357. The first-order valence-corrected chi connectivity index (χ1v) is 20.0. The Bertz CT molecular complexity index is 2580. The second kappa shape index (κ2) is 19.6. The minimum Gasteiger partial charge on any atom is -0.489 e. The predicted octanol–water partition coefficient (Wildman–Crippen LogP) is 4.40. The molecule has 4 heterocycles. The minimum atomic E-state index is -0.815. The van der Waals surface area contributed by atoms with Crippen molar-refractivity contribution in [2.24, 2.45) is 11.8 Å². The van der Waals surface area contributed by atoms with E-state index in [1.807, 2.05) is 0 Å². The Morgan fingerprint density at radius 3 is 1.74 bits per heavy atom. The van der Waals surface area contributed by atoms with Gasteiger partial charge in [-0.1, -0.05) is 0 Å². The van der Waals surface area contributed by atoms with Crippen molar-refractivity contribution in [3.63, 3.8) is 0 Å². The topological polar surface area (TPSA) is 259 Å². The first-order valence-electron chi connectivity index (χ1n) is 20.0. The molecule has 2 aliphatic carbocycles. The Hall–Kier alpha value is -6.93. The summed E-state index contributed by atoms with van der Waals surface area (Å²) in [6, 6.07) is 8.09. The molecule has 8 rings (SSSR count). The van der Waals surface area contributed by atoms with E-state index >= 15 is 0 Å². The molecule has 326 valence electrons. The Morgan fingerprint density at radius 1 is 0.758 bits per heavy atom. The summed E-state index contributed by atoms with van der Waals surface area (Å²) in [6.45, 7) is 1.43. The van der Waals surface area contributed by atoms with Gasteiger partial charge in [0.2, 0.25) is 5.91 Å². The maximum absolute atomic E-state index is 13.7. The first-order chi connectivity index (χ1) is 30.1. The Labute approximate surface area is 352 Å². The maximum atomic E-state index is 13.7. The van der Waals surface area contributed by atoms with Gasteiger partial charge < -0.3 is 55.4 Å². The van der Waals surface area contributed by atoms with E-state index in [0.29, 0.717) is 72.8 Å². The number of esters is 1. The number of ether oxygens (including phenoxy) is 3. The van der Waals surface area contributed by atoms with Gasteiger partial charge in [-0.2, -0.15) is 0 Å². The third-order valence-electron chi connectivity index (χ3n) is 10.5. The number of fused-ring (bicyclic) bond motifs is 6. The molecule has 0 aliphatic heterocycles. The van der Waals surface area contributed by atoms with Crippen LogP contribution < -0.4 is 25.4 Å². The average Bonchev–Trinajstić information content (AvgIpc) is 3.84. The van der Waals surface area contributed by atoms with Crippen LogP contribution in [0.15, 0.2) is 49.1 Å². The van der Waals surface area contributed by atoms with Crippen LogP contribution in [0, 0.1) is 23.5 Å². The summed E-state index contributed by atoms with van der Waals surface area (Å²) in [5, 5.41) is 37.9. The molecular formula is C42H45F2N9O9. The number of aliphatic hydroxyl groups is 2. The number of hydrogen-bond donors (Lipinski definition) is 8. The molecule has 0 spiro atoms. The first kappa shape index (κ1) is 43.2. The Balaban J connectivity index is 0.000000190. The van der Waals surface area contributed by atoms with Gasteiger partial charge in [0.25, 0.3) is 0 Å². The highest BCUT2D eigenvalue weighted by Gasteiger charge is 2.31. The number of halogens is 2. The lowest BCUT2D eigenvalue weighted by molar-refractivity contribution is -0.144. The van der Waals surface area contributed by atoms with E-state index in [-0.39, 0.29) is 62.9 Å². The molecular weight excluding hydrogens is 813 g/mol. The number of aliphatic hydroxyl groups excluding tert-OH is 2. The van der Waals surface area contributed by atoms with Crippen molar-refractivity contribution in [2.45, 2.75) is 45.4 Å². The molecule has 20 heteroatoms. The van der Waals surface area contributed by atoms with Crippen LogP contribution in [-0.4, -0.2) is 103 Å². The van der Waals surface area contributed by atoms with Gasteiger partial charge >= 0.3 is 11.9 Å². The Morgan fingerprint density at radius 2 is 1.26 bits per heavy atom. The van der Waals surface area contributed by atoms with Crippen LogP contribution in [0.2, 0.25) is 0 Å². The van der Waals surface area contributed by atoms with Crippen molar-refractivity contribution in [1.82, 2.24) is 35.2 Å². The summed E-state index contributed by atoms with van der Waals surface area (Å²) in [5.41, 5.74) is 5.94. The number of aromatic amines is 2. The van der Waals surface area contributed by atoms with Crippen molar-refractivity contribution < 1.29 is 52.7 Å².